The summed E-state index contributed by atoms with van der Waals surface area (Å²) in [5.41, 5.74) is 5.37. The van der Waals surface area contributed by atoms with Crippen LogP contribution in [0.5, 0.6) is 0 Å². The van der Waals surface area contributed by atoms with Crippen molar-refractivity contribution in [1.82, 2.24) is 9.97 Å². The van der Waals surface area contributed by atoms with Gasteiger partial charge in [-0.1, -0.05) is 36.4 Å². The fourth-order valence-electron chi connectivity index (χ4n) is 2.83. The Hall–Kier alpha value is -3.40. The van der Waals surface area contributed by atoms with Crippen molar-refractivity contribution in [1.29, 1.82) is 0 Å². The molecule has 128 valence electrons. The minimum Gasteiger partial charge on any atom is -0.340 e. The summed E-state index contributed by atoms with van der Waals surface area (Å²) in [7, 11) is 0. The highest BCUT2D eigenvalue weighted by Crippen LogP contribution is 2.26. The Morgan fingerprint density at radius 3 is 2.23 bits per heavy atom. The van der Waals surface area contributed by atoms with Crippen molar-refractivity contribution >= 4 is 34.0 Å². The van der Waals surface area contributed by atoms with Gasteiger partial charge in [0.05, 0.1) is 5.52 Å². The van der Waals surface area contributed by atoms with Crippen LogP contribution in [0.2, 0.25) is 0 Å². The summed E-state index contributed by atoms with van der Waals surface area (Å²) in [5, 5.41) is 7.72. The van der Waals surface area contributed by atoms with Crippen molar-refractivity contribution in [3.05, 3.63) is 83.9 Å². The van der Waals surface area contributed by atoms with Gasteiger partial charge in [-0.3, -0.25) is 0 Å². The van der Waals surface area contributed by atoms with Gasteiger partial charge in [0, 0.05) is 16.8 Å². The minimum absolute atomic E-state index is 0.574. The molecule has 4 heteroatoms. The Labute approximate surface area is 152 Å². The third-order valence-electron chi connectivity index (χ3n) is 4.40. The van der Waals surface area contributed by atoms with Crippen LogP contribution in [0.25, 0.3) is 10.9 Å². The average Bonchev–Trinajstić information content (AvgIpc) is 2.66. The van der Waals surface area contributed by atoms with Crippen LogP contribution in [0.15, 0.2) is 72.8 Å². The van der Waals surface area contributed by atoms with E-state index in [0.29, 0.717) is 5.95 Å². The number of anilines is 4. The van der Waals surface area contributed by atoms with Crippen LogP contribution in [0.1, 0.15) is 11.1 Å². The van der Waals surface area contributed by atoms with Gasteiger partial charge in [-0.2, -0.15) is 4.98 Å². The quantitative estimate of drug-likeness (QED) is 0.498. The van der Waals surface area contributed by atoms with Crippen LogP contribution in [-0.2, 0) is 0 Å². The van der Waals surface area contributed by atoms with Gasteiger partial charge in [-0.25, -0.2) is 4.98 Å². The zero-order chi connectivity index (χ0) is 17.9. The van der Waals surface area contributed by atoms with Gasteiger partial charge < -0.3 is 10.6 Å². The molecule has 4 aromatic rings. The minimum atomic E-state index is 0.574. The Bertz CT molecular complexity index is 1060. The highest BCUT2D eigenvalue weighted by molar-refractivity contribution is 5.92. The van der Waals surface area contributed by atoms with Crippen LogP contribution in [-0.4, -0.2) is 9.97 Å². The molecule has 26 heavy (non-hydrogen) atoms. The van der Waals surface area contributed by atoms with E-state index in [9.17, 15) is 0 Å². The molecule has 4 nitrogen and oxygen atoms in total. The van der Waals surface area contributed by atoms with Crippen LogP contribution in [0.4, 0.5) is 23.1 Å². The molecule has 0 aliphatic carbocycles. The van der Waals surface area contributed by atoms with E-state index in [1.165, 1.54) is 11.1 Å². The van der Waals surface area contributed by atoms with Gasteiger partial charge in [0.15, 0.2) is 0 Å². The summed E-state index contributed by atoms with van der Waals surface area (Å²) < 4.78 is 0. The molecule has 0 saturated carbocycles. The third kappa shape index (κ3) is 3.35. The summed E-state index contributed by atoms with van der Waals surface area (Å²) >= 11 is 0. The molecule has 0 fully saturated rings. The summed E-state index contributed by atoms with van der Waals surface area (Å²) in [6, 6.07) is 24.3. The first-order valence-electron chi connectivity index (χ1n) is 8.62. The van der Waals surface area contributed by atoms with Gasteiger partial charge in [-0.15, -0.1) is 0 Å². The molecule has 4 rings (SSSR count). The number of para-hydroxylation sites is 2. The standard InChI is InChI=1S/C22H20N4/c1-15-12-13-18(14-16(15)2)24-22-25-20-11-7-6-10-19(20)21(26-22)23-17-8-4-3-5-9-17/h3-14H,1-2H3,(H2,23,24,25,26). The number of benzene rings is 3. The number of aromatic nitrogens is 2. The molecule has 3 aromatic carbocycles. The summed E-state index contributed by atoms with van der Waals surface area (Å²) in [5.74, 6) is 1.36. The normalized spacial score (nSPS) is 10.7. The van der Waals surface area contributed by atoms with Crippen LogP contribution in [0, 0.1) is 13.8 Å². The van der Waals surface area contributed by atoms with Crippen molar-refractivity contribution in [2.24, 2.45) is 0 Å². The Morgan fingerprint density at radius 1 is 0.654 bits per heavy atom. The summed E-state index contributed by atoms with van der Waals surface area (Å²) in [6.45, 7) is 4.21. The average molecular weight is 340 g/mol. The lowest BCUT2D eigenvalue weighted by Gasteiger charge is -2.12. The van der Waals surface area contributed by atoms with Gasteiger partial charge >= 0.3 is 0 Å². The molecular formula is C22H20N4. The maximum Gasteiger partial charge on any atom is 0.229 e. The van der Waals surface area contributed by atoms with Crippen molar-refractivity contribution in [3.63, 3.8) is 0 Å². The maximum absolute atomic E-state index is 4.71. The number of nitrogens with zero attached hydrogens (tertiary/aromatic N) is 2. The molecule has 0 saturated heterocycles. The van der Waals surface area contributed by atoms with Crippen LogP contribution < -0.4 is 10.6 Å². The lowest BCUT2D eigenvalue weighted by atomic mass is 10.1. The van der Waals surface area contributed by atoms with E-state index in [4.69, 9.17) is 4.98 Å². The molecule has 0 atom stereocenters. The molecule has 1 heterocycles. The van der Waals surface area contributed by atoms with E-state index < -0.39 is 0 Å². The molecule has 1 aromatic heterocycles. The first kappa shape index (κ1) is 16.1. The monoisotopic (exact) mass is 340 g/mol. The largest absolute Gasteiger partial charge is 0.340 e. The number of aryl methyl sites for hydroxylation is 2. The molecular weight excluding hydrogens is 320 g/mol. The molecule has 0 bridgehead atoms. The molecule has 0 unspecified atom stereocenters. The van der Waals surface area contributed by atoms with Crippen molar-refractivity contribution < 1.29 is 0 Å². The molecule has 0 spiro atoms. The molecule has 0 amide bonds. The van der Waals surface area contributed by atoms with Gasteiger partial charge in [0.25, 0.3) is 0 Å². The van der Waals surface area contributed by atoms with Gasteiger partial charge in [-0.05, 0) is 61.4 Å². The predicted molar refractivity (Wildman–Crippen MR) is 108 cm³/mol. The first-order valence-corrected chi connectivity index (χ1v) is 8.62. The zero-order valence-corrected chi connectivity index (χ0v) is 14.8. The fraction of sp³-hybridized carbons (Fsp3) is 0.0909. The number of hydrogen-bond acceptors (Lipinski definition) is 4. The second-order valence-electron chi connectivity index (χ2n) is 6.33. The Morgan fingerprint density at radius 2 is 1.42 bits per heavy atom. The maximum atomic E-state index is 4.71. The summed E-state index contributed by atoms with van der Waals surface area (Å²) in [4.78, 5) is 9.37. The van der Waals surface area contributed by atoms with E-state index >= 15 is 0 Å². The van der Waals surface area contributed by atoms with Crippen LogP contribution in [0.3, 0.4) is 0 Å². The molecule has 0 radical (unpaired) electrons. The second-order valence-corrected chi connectivity index (χ2v) is 6.33. The van der Waals surface area contributed by atoms with Crippen LogP contribution >= 0.6 is 0 Å². The SMILES string of the molecule is Cc1ccc(Nc2nc(Nc3ccccc3)c3ccccc3n2)cc1C. The van der Waals surface area contributed by atoms with Gasteiger partial charge in [0.1, 0.15) is 5.82 Å². The fourth-order valence-corrected chi connectivity index (χ4v) is 2.83. The molecule has 2 N–H and O–H groups in total. The highest BCUT2D eigenvalue weighted by atomic mass is 15.1. The predicted octanol–water partition coefficient (Wildman–Crippen LogP) is 5.73. The smallest absolute Gasteiger partial charge is 0.229 e. The van der Waals surface area contributed by atoms with E-state index in [2.05, 4.69) is 41.6 Å². The number of fused-ring (bicyclic) bond motifs is 1. The zero-order valence-electron chi connectivity index (χ0n) is 14.8. The molecule has 0 aliphatic rings. The third-order valence-corrected chi connectivity index (χ3v) is 4.40. The topological polar surface area (TPSA) is 49.8 Å². The number of rotatable bonds is 4. The second kappa shape index (κ2) is 6.84. The lowest BCUT2D eigenvalue weighted by molar-refractivity contribution is 1.21. The van der Waals surface area contributed by atoms with Crippen molar-refractivity contribution in [2.75, 3.05) is 10.6 Å². The van der Waals surface area contributed by atoms with E-state index in [-0.39, 0.29) is 0 Å². The van der Waals surface area contributed by atoms with E-state index in [1.807, 2.05) is 60.7 Å². The first-order chi connectivity index (χ1) is 12.7. The van der Waals surface area contributed by atoms with Crippen molar-refractivity contribution in [3.8, 4) is 0 Å². The number of nitrogens with one attached hydrogen (secondary N) is 2. The van der Waals surface area contributed by atoms with E-state index in [1.54, 1.807) is 0 Å². The number of hydrogen-bond donors (Lipinski definition) is 2. The van der Waals surface area contributed by atoms with Crippen molar-refractivity contribution in [2.45, 2.75) is 13.8 Å². The summed E-state index contributed by atoms with van der Waals surface area (Å²) in [6.07, 6.45) is 0. The molecule has 0 aliphatic heterocycles. The Kier molecular flexibility index (Phi) is 4.23. The Balaban J connectivity index is 1.74. The van der Waals surface area contributed by atoms with E-state index in [0.717, 1.165) is 28.1 Å². The van der Waals surface area contributed by atoms with Gasteiger partial charge in [0.2, 0.25) is 5.95 Å². The highest BCUT2D eigenvalue weighted by Gasteiger charge is 2.08. The lowest BCUT2D eigenvalue weighted by Crippen LogP contribution is -2.02.